The van der Waals surface area contributed by atoms with Crippen LogP contribution in [0.15, 0.2) is 22.7 Å². The summed E-state index contributed by atoms with van der Waals surface area (Å²) >= 11 is 3.42. The highest BCUT2D eigenvalue weighted by Gasteiger charge is 2.14. The number of hydrogen-bond donors (Lipinski definition) is 1. The highest BCUT2D eigenvalue weighted by atomic mass is 79.9. The molecular formula is C11H14BrNO2. The van der Waals surface area contributed by atoms with Crippen LogP contribution in [-0.4, -0.2) is 19.1 Å². The van der Waals surface area contributed by atoms with Crippen LogP contribution in [0.1, 0.15) is 11.1 Å². The van der Waals surface area contributed by atoms with Gasteiger partial charge in [-0.1, -0.05) is 28.1 Å². The molecule has 3 nitrogen and oxygen atoms in total. The van der Waals surface area contributed by atoms with E-state index >= 15 is 0 Å². The monoisotopic (exact) mass is 271 g/mol. The van der Waals surface area contributed by atoms with Crippen molar-refractivity contribution in [3.63, 3.8) is 0 Å². The highest BCUT2D eigenvalue weighted by molar-refractivity contribution is 9.10. The molecule has 15 heavy (non-hydrogen) atoms. The van der Waals surface area contributed by atoms with E-state index < -0.39 is 6.04 Å². The molecule has 0 fully saturated rings. The van der Waals surface area contributed by atoms with Gasteiger partial charge in [0.1, 0.15) is 6.04 Å². The minimum Gasteiger partial charge on any atom is -0.468 e. The summed E-state index contributed by atoms with van der Waals surface area (Å²) < 4.78 is 5.62. The number of carbonyl (C=O) groups excluding carboxylic acids is 1. The molecule has 0 aliphatic rings. The summed E-state index contributed by atoms with van der Waals surface area (Å²) in [6.07, 6.45) is 0.501. The van der Waals surface area contributed by atoms with Crippen LogP contribution in [0.3, 0.4) is 0 Å². The number of aryl methyl sites for hydroxylation is 1. The Bertz CT molecular complexity index is 366. The van der Waals surface area contributed by atoms with Gasteiger partial charge in [0.15, 0.2) is 0 Å². The second kappa shape index (κ2) is 5.28. The van der Waals surface area contributed by atoms with Crippen LogP contribution in [0.5, 0.6) is 0 Å². The summed E-state index contributed by atoms with van der Waals surface area (Å²) in [6.45, 7) is 2.00. The minimum atomic E-state index is -0.587. The number of ether oxygens (including phenoxy) is 1. The predicted molar refractivity (Wildman–Crippen MR) is 62.6 cm³/mol. The van der Waals surface area contributed by atoms with Crippen molar-refractivity contribution in [1.29, 1.82) is 0 Å². The predicted octanol–water partition coefficient (Wildman–Crippen LogP) is 1.80. The molecule has 4 heteroatoms. The number of hydrogen-bond acceptors (Lipinski definition) is 3. The van der Waals surface area contributed by atoms with Gasteiger partial charge in [0, 0.05) is 4.47 Å². The lowest BCUT2D eigenvalue weighted by Crippen LogP contribution is -2.33. The molecule has 0 aromatic heterocycles. The van der Waals surface area contributed by atoms with E-state index in [1.54, 1.807) is 0 Å². The Labute approximate surface area is 97.7 Å². The molecule has 0 saturated carbocycles. The normalized spacial score (nSPS) is 12.3. The summed E-state index contributed by atoms with van der Waals surface area (Å²) in [5.74, 6) is -0.379. The first-order valence-corrected chi connectivity index (χ1v) is 5.42. The SMILES string of the molecule is COC(=O)[C@@H](N)Cc1ccc(Br)c(C)c1. The van der Waals surface area contributed by atoms with Crippen LogP contribution in [0.4, 0.5) is 0 Å². The molecule has 0 unspecified atom stereocenters. The van der Waals surface area contributed by atoms with Crippen molar-refractivity contribution in [2.45, 2.75) is 19.4 Å². The van der Waals surface area contributed by atoms with E-state index in [-0.39, 0.29) is 5.97 Å². The number of rotatable bonds is 3. The molecule has 0 spiro atoms. The zero-order chi connectivity index (χ0) is 11.4. The first-order valence-electron chi connectivity index (χ1n) is 4.63. The molecule has 0 aliphatic carbocycles. The fraction of sp³-hybridized carbons (Fsp3) is 0.364. The van der Waals surface area contributed by atoms with Gasteiger partial charge < -0.3 is 10.5 Å². The van der Waals surface area contributed by atoms with Crippen LogP contribution in [0.25, 0.3) is 0 Å². The molecule has 0 amide bonds. The van der Waals surface area contributed by atoms with Crippen LogP contribution in [0, 0.1) is 6.92 Å². The zero-order valence-corrected chi connectivity index (χ0v) is 10.4. The average molecular weight is 272 g/mol. The van der Waals surface area contributed by atoms with E-state index in [1.165, 1.54) is 7.11 Å². The van der Waals surface area contributed by atoms with E-state index in [0.29, 0.717) is 6.42 Å². The third-order valence-corrected chi connectivity index (χ3v) is 3.07. The summed E-state index contributed by atoms with van der Waals surface area (Å²) in [5, 5.41) is 0. The number of esters is 1. The molecule has 0 saturated heterocycles. The van der Waals surface area contributed by atoms with Crippen LogP contribution >= 0.6 is 15.9 Å². The smallest absolute Gasteiger partial charge is 0.322 e. The third-order valence-electron chi connectivity index (χ3n) is 2.18. The van der Waals surface area contributed by atoms with Crippen LogP contribution in [-0.2, 0) is 16.0 Å². The van der Waals surface area contributed by atoms with E-state index in [1.807, 2.05) is 25.1 Å². The van der Waals surface area contributed by atoms with Gasteiger partial charge in [0.2, 0.25) is 0 Å². The number of nitrogens with two attached hydrogens (primary N) is 1. The Kier molecular flexibility index (Phi) is 4.29. The number of methoxy groups -OCH3 is 1. The lowest BCUT2D eigenvalue weighted by molar-refractivity contribution is -0.142. The molecule has 0 heterocycles. The second-order valence-electron chi connectivity index (χ2n) is 3.42. The molecule has 0 radical (unpaired) electrons. The van der Waals surface area contributed by atoms with Crippen molar-refractivity contribution in [3.8, 4) is 0 Å². The van der Waals surface area contributed by atoms with Crippen LogP contribution < -0.4 is 5.73 Å². The lowest BCUT2D eigenvalue weighted by atomic mass is 10.0. The molecule has 1 atom stereocenters. The van der Waals surface area contributed by atoms with Gasteiger partial charge in [-0.05, 0) is 30.5 Å². The largest absolute Gasteiger partial charge is 0.468 e. The average Bonchev–Trinajstić information content (AvgIpc) is 2.22. The van der Waals surface area contributed by atoms with Crippen molar-refractivity contribution >= 4 is 21.9 Å². The summed E-state index contributed by atoms with van der Waals surface area (Å²) in [4.78, 5) is 11.1. The molecule has 82 valence electrons. The van der Waals surface area contributed by atoms with Crippen LogP contribution in [0.2, 0.25) is 0 Å². The number of benzene rings is 1. The summed E-state index contributed by atoms with van der Waals surface area (Å²) in [5.41, 5.74) is 7.83. The first kappa shape index (κ1) is 12.2. The maximum Gasteiger partial charge on any atom is 0.322 e. The van der Waals surface area contributed by atoms with Crippen molar-refractivity contribution in [2.75, 3.05) is 7.11 Å². The van der Waals surface area contributed by atoms with Gasteiger partial charge in [-0.15, -0.1) is 0 Å². The highest BCUT2D eigenvalue weighted by Crippen LogP contribution is 2.17. The van der Waals surface area contributed by atoms with Crippen molar-refractivity contribution in [3.05, 3.63) is 33.8 Å². The Morgan fingerprint density at radius 2 is 2.27 bits per heavy atom. The zero-order valence-electron chi connectivity index (χ0n) is 8.79. The van der Waals surface area contributed by atoms with Crippen molar-refractivity contribution in [1.82, 2.24) is 0 Å². The molecule has 2 N–H and O–H groups in total. The quantitative estimate of drug-likeness (QED) is 0.854. The number of halogens is 1. The van der Waals surface area contributed by atoms with Gasteiger partial charge in [-0.2, -0.15) is 0 Å². The maximum atomic E-state index is 11.1. The molecule has 0 aliphatic heterocycles. The lowest BCUT2D eigenvalue weighted by Gasteiger charge is -2.10. The molecule has 1 aromatic carbocycles. The van der Waals surface area contributed by atoms with Crippen molar-refractivity contribution < 1.29 is 9.53 Å². The molecule has 1 rings (SSSR count). The Hall–Kier alpha value is -0.870. The van der Waals surface area contributed by atoms with Gasteiger partial charge in [0.25, 0.3) is 0 Å². The number of carbonyl (C=O) groups is 1. The Balaban J connectivity index is 2.73. The van der Waals surface area contributed by atoms with Gasteiger partial charge >= 0.3 is 5.97 Å². The fourth-order valence-electron chi connectivity index (χ4n) is 1.32. The van der Waals surface area contributed by atoms with Crippen molar-refractivity contribution in [2.24, 2.45) is 5.73 Å². The first-order chi connectivity index (χ1) is 7.04. The fourth-order valence-corrected chi connectivity index (χ4v) is 1.57. The molecular weight excluding hydrogens is 258 g/mol. The van der Waals surface area contributed by atoms with E-state index in [2.05, 4.69) is 20.7 Å². The van der Waals surface area contributed by atoms with Gasteiger partial charge in [-0.3, -0.25) is 4.79 Å². The third kappa shape index (κ3) is 3.32. The van der Waals surface area contributed by atoms with E-state index in [0.717, 1.165) is 15.6 Å². The molecule has 1 aromatic rings. The van der Waals surface area contributed by atoms with Gasteiger partial charge in [0.05, 0.1) is 7.11 Å². The Morgan fingerprint density at radius 1 is 1.60 bits per heavy atom. The second-order valence-corrected chi connectivity index (χ2v) is 4.27. The summed E-state index contributed by atoms with van der Waals surface area (Å²) in [7, 11) is 1.34. The molecule has 0 bridgehead atoms. The Morgan fingerprint density at radius 3 is 2.80 bits per heavy atom. The summed E-state index contributed by atoms with van der Waals surface area (Å²) in [6, 6.07) is 5.32. The minimum absolute atomic E-state index is 0.379. The standard InChI is InChI=1S/C11H14BrNO2/c1-7-5-8(3-4-9(7)12)6-10(13)11(14)15-2/h3-5,10H,6,13H2,1-2H3/t10-/m0/s1. The van der Waals surface area contributed by atoms with Gasteiger partial charge in [-0.25, -0.2) is 0 Å². The van der Waals surface area contributed by atoms with E-state index in [9.17, 15) is 4.79 Å². The topological polar surface area (TPSA) is 52.3 Å². The maximum absolute atomic E-state index is 11.1. The van der Waals surface area contributed by atoms with E-state index in [4.69, 9.17) is 5.73 Å².